The van der Waals surface area contributed by atoms with Crippen LogP contribution < -0.4 is 5.32 Å². The SMILES string of the molecule is CC(C)(C)OC(=O)C1N[C@@H](CC2CCCCC2)[C@](C#N)(c2ccc(Cl)cc2)[C@H]1c1cccc(Cl)c1F. The molecule has 1 aliphatic heterocycles. The van der Waals surface area contributed by atoms with Crippen molar-refractivity contribution in [1.82, 2.24) is 5.32 Å². The molecule has 0 spiro atoms. The topological polar surface area (TPSA) is 62.1 Å². The summed E-state index contributed by atoms with van der Waals surface area (Å²) in [5.41, 5.74) is -1.06. The number of hydrogen-bond donors (Lipinski definition) is 1. The fraction of sp³-hybridized carbons (Fsp3) is 0.517. The molecule has 0 radical (unpaired) electrons. The Morgan fingerprint density at radius 3 is 2.42 bits per heavy atom. The van der Waals surface area contributed by atoms with Gasteiger partial charge in [0.05, 0.1) is 11.1 Å². The highest BCUT2D eigenvalue weighted by molar-refractivity contribution is 6.31. The van der Waals surface area contributed by atoms with E-state index in [1.165, 1.54) is 12.5 Å². The molecule has 4 nitrogen and oxygen atoms in total. The molecular formula is C29H33Cl2FN2O2. The van der Waals surface area contributed by atoms with Crippen molar-refractivity contribution in [2.75, 3.05) is 0 Å². The predicted molar refractivity (Wildman–Crippen MR) is 141 cm³/mol. The maximum absolute atomic E-state index is 15.6. The first kappa shape index (κ1) is 26.9. The van der Waals surface area contributed by atoms with E-state index in [9.17, 15) is 10.1 Å². The number of ether oxygens (including phenoxy) is 1. The number of rotatable bonds is 5. The van der Waals surface area contributed by atoms with Crippen LogP contribution in [0.4, 0.5) is 4.39 Å². The minimum atomic E-state index is -1.24. The number of benzene rings is 2. The number of hydrogen-bond acceptors (Lipinski definition) is 4. The summed E-state index contributed by atoms with van der Waals surface area (Å²) >= 11 is 12.4. The van der Waals surface area contributed by atoms with Gasteiger partial charge in [-0.3, -0.25) is 10.1 Å². The van der Waals surface area contributed by atoms with Gasteiger partial charge in [-0.1, -0.05) is 79.6 Å². The highest BCUT2D eigenvalue weighted by atomic mass is 35.5. The van der Waals surface area contributed by atoms with Crippen LogP contribution in [0.1, 0.15) is 76.3 Å². The molecule has 1 saturated heterocycles. The Hall–Kier alpha value is -2.13. The van der Waals surface area contributed by atoms with Crippen molar-refractivity contribution in [3.8, 4) is 6.07 Å². The van der Waals surface area contributed by atoms with Crippen molar-refractivity contribution in [2.45, 2.75) is 88.3 Å². The second-order valence-electron chi connectivity index (χ2n) is 11.1. The normalized spacial score (nSPS) is 27.0. The largest absolute Gasteiger partial charge is 0.459 e. The first-order valence-corrected chi connectivity index (χ1v) is 13.4. The summed E-state index contributed by atoms with van der Waals surface area (Å²) in [5, 5.41) is 14.9. The molecule has 2 aliphatic rings. The Labute approximate surface area is 223 Å². The van der Waals surface area contributed by atoms with Gasteiger partial charge < -0.3 is 4.74 Å². The lowest BCUT2D eigenvalue weighted by atomic mass is 9.63. The van der Waals surface area contributed by atoms with Crippen molar-refractivity contribution >= 4 is 29.2 Å². The minimum absolute atomic E-state index is 0.0471. The summed E-state index contributed by atoms with van der Waals surface area (Å²) in [6, 6.07) is 13.1. The summed E-state index contributed by atoms with van der Waals surface area (Å²) in [6.07, 6.45) is 6.38. The summed E-state index contributed by atoms with van der Waals surface area (Å²) in [7, 11) is 0. The first-order chi connectivity index (χ1) is 17.1. The molecule has 1 N–H and O–H groups in total. The molecule has 4 atom stereocenters. The number of carbonyl (C=O) groups excluding carboxylic acids is 1. The highest BCUT2D eigenvalue weighted by Crippen LogP contribution is 2.52. The number of nitrogens with zero attached hydrogens (tertiary/aromatic N) is 1. The lowest BCUT2D eigenvalue weighted by Crippen LogP contribution is -2.43. The third-order valence-corrected chi connectivity index (χ3v) is 8.08. The fourth-order valence-electron chi connectivity index (χ4n) is 6.01. The second kappa shape index (κ2) is 10.7. The molecule has 2 aromatic rings. The van der Waals surface area contributed by atoms with Crippen LogP contribution in [0.15, 0.2) is 42.5 Å². The number of nitrogens with one attached hydrogen (secondary N) is 1. The van der Waals surface area contributed by atoms with Crippen molar-refractivity contribution < 1.29 is 13.9 Å². The number of halogens is 3. The van der Waals surface area contributed by atoms with Crippen LogP contribution in [-0.2, 0) is 14.9 Å². The van der Waals surface area contributed by atoms with E-state index in [2.05, 4.69) is 11.4 Å². The molecule has 2 aromatic carbocycles. The van der Waals surface area contributed by atoms with Crippen molar-refractivity contribution in [2.24, 2.45) is 5.92 Å². The molecule has 1 saturated carbocycles. The van der Waals surface area contributed by atoms with E-state index in [0.717, 1.165) is 25.7 Å². The Bertz CT molecular complexity index is 1140. The molecule has 1 unspecified atom stereocenters. The molecule has 0 bridgehead atoms. The van der Waals surface area contributed by atoms with Crippen LogP contribution in [-0.4, -0.2) is 23.7 Å². The van der Waals surface area contributed by atoms with E-state index in [-0.39, 0.29) is 10.6 Å². The van der Waals surface area contributed by atoms with Gasteiger partial charge in [-0.25, -0.2) is 4.39 Å². The lowest BCUT2D eigenvalue weighted by Gasteiger charge is -2.37. The molecule has 0 amide bonds. The van der Waals surface area contributed by atoms with Gasteiger partial charge in [0, 0.05) is 17.0 Å². The van der Waals surface area contributed by atoms with Crippen molar-refractivity contribution in [3.63, 3.8) is 0 Å². The van der Waals surface area contributed by atoms with E-state index in [1.807, 2.05) is 12.1 Å². The second-order valence-corrected chi connectivity index (χ2v) is 11.9. The van der Waals surface area contributed by atoms with Crippen LogP contribution in [0.2, 0.25) is 10.0 Å². The van der Waals surface area contributed by atoms with Crippen molar-refractivity contribution in [3.05, 3.63) is 69.5 Å². The molecular weight excluding hydrogens is 498 g/mol. The van der Waals surface area contributed by atoms with E-state index in [1.54, 1.807) is 45.0 Å². The van der Waals surface area contributed by atoms with E-state index in [4.69, 9.17) is 27.9 Å². The standard InChI is InChI=1S/C29H33Cl2FN2O2/c1-28(2,3)36-27(35)26-24(21-10-7-11-22(31)25(21)32)29(17-33,19-12-14-20(30)15-13-19)23(34-26)16-18-8-5-4-6-9-18/h7,10-15,18,23-24,26,34H,4-6,8-9,16H2,1-3H3/t23-,24-,26?,29-/m0/s1. The number of nitriles is 1. The van der Waals surface area contributed by atoms with Crippen LogP contribution in [0.3, 0.4) is 0 Å². The lowest BCUT2D eigenvalue weighted by molar-refractivity contribution is -0.157. The molecule has 36 heavy (non-hydrogen) atoms. The van der Waals surface area contributed by atoms with Crippen LogP contribution in [0.5, 0.6) is 0 Å². The highest BCUT2D eigenvalue weighted by Gasteiger charge is 2.60. The summed E-state index contributed by atoms with van der Waals surface area (Å²) < 4.78 is 21.4. The third-order valence-electron chi connectivity index (χ3n) is 7.53. The van der Waals surface area contributed by atoms with Gasteiger partial charge in [0.2, 0.25) is 0 Å². The maximum Gasteiger partial charge on any atom is 0.324 e. The Balaban J connectivity index is 1.91. The van der Waals surface area contributed by atoms with Gasteiger partial charge in [-0.05, 0) is 62.4 Å². The third kappa shape index (κ3) is 5.28. The van der Waals surface area contributed by atoms with Crippen LogP contribution in [0, 0.1) is 23.1 Å². The Morgan fingerprint density at radius 1 is 1.14 bits per heavy atom. The smallest absolute Gasteiger partial charge is 0.324 e. The summed E-state index contributed by atoms with van der Waals surface area (Å²) in [4.78, 5) is 13.6. The molecule has 0 aromatic heterocycles. The quantitative estimate of drug-likeness (QED) is 0.411. The molecule has 1 heterocycles. The molecule has 4 rings (SSSR count). The summed E-state index contributed by atoms with van der Waals surface area (Å²) in [6.45, 7) is 5.39. The molecule has 2 fully saturated rings. The zero-order valence-electron chi connectivity index (χ0n) is 21.0. The Morgan fingerprint density at radius 2 is 1.81 bits per heavy atom. The molecule has 1 aliphatic carbocycles. The van der Waals surface area contributed by atoms with Gasteiger partial charge in [0.25, 0.3) is 0 Å². The van der Waals surface area contributed by atoms with Gasteiger partial charge >= 0.3 is 5.97 Å². The Kier molecular flexibility index (Phi) is 8.00. The van der Waals surface area contributed by atoms with Gasteiger partial charge in [-0.15, -0.1) is 0 Å². The van der Waals surface area contributed by atoms with Crippen molar-refractivity contribution in [1.29, 1.82) is 5.26 Å². The van der Waals surface area contributed by atoms with E-state index in [0.29, 0.717) is 22.9 Å². The monoisotopic (exact) mass is 530 g/mol. The average molecular weight is 531 g/mol. The minimum Gasteiger partial charge on any atom is -0.459 e. The number of esters is 1. The fourth-order valence-corrected chi connectivity index (χ4v) is 6.32. The number of carbonyl (C=O) groups is 1. The zero-order chi connectivity index (χ0) is 26.1. The molecule has 192 valence electrons. The van der Waals surface area contributed by atoms with Crippen LogP contribution in [0.25, 0.3) is 0 Å². The summed E-state index contributed by atoms with van der Waals surface area (Å²) in [5.74, 6) is -1.57. The van der Waals surface area contributed by atoms with Gasteiger partial charge in [-0.2, -0.15) is 5.26 Å². The first-order valence-electron chi connectivity index (χ1n) is 12.7. The van der Waals surface area contributed by atoms with E-state index >= 15 is 4.39 Å². The maximum atomic E-state index is 15.6. The van der Waals surface area contributed by atoms with E-state index < -0.39 is 40.8 Å². The van der Waals surface area contributed by atoms with Crippen LogP contribution >= 0.6 is 23.2 Å². The van der Waals surface area contributed by atoms with Gasteiger partial charge in [0.1, 0.15) is 22.9 Å². The molecule has 7 heteroatoms. The zero-order valence-corrected chi connectivity index (χ0v) is 22.5. The predicted octanol–water partition coefficient (Wildman–Crippen LogP) is 7.33. The van der Waals surface area contributed by atoms with Gasteiger partial charge in [0.15, 0.2) is 0 Å². The average Bonchev–Trinajstić information content (AvgIpc) is 3.15.